The summed E-state index contributed by atoms with van der Waals surface area (Å²) in [4.78, 5) is 0. The van der Waals surface area contributed by atoms with Crippen molar-refractivity contribution < 1.29 is 8.42 Å². The molecule has 1 aliphatic rings. The van der Waals surface area contributed by atoms with Gasteiger partial charge in [-0.05, 0) is 44.7 Å². The van der Waals surface area contributed by atoms with E-state index < -0.39 is 10.0 Å². The van der Waals surface area contributed by atoms with Crippen molar-refractivity contribution in [3.8, 4) is 0 Å². The lowest BCUT2D eigenvalue weighted by Gasteiger charge is -2.08. The van der Waals surface area contributed by atoms with E-state index in [9.17, 15) is 8.42 Å². The summed E-state index contributed by atoms with van der Waals surface area (Å²) in [5.74, 6) is 0.203. The van der Waals surface area contributed by atoms with Gasteiger partial charge in [-0.25, -0.2) is 13.1 Å². The van der Waals surface area contributed by atoms with Crippen molar-refractivity contribution in [2.45, 2.75) is 52.6 Å². The van der Waals surface area contributed by atoms with Crippen LogP contribution in [0.4, 0.5) is 0 Å². The van der Waals surface area contributed by atoms with Gasteiger partial charge in [-0.2, -0.15) is 0 Å². The molecule has 0 radical (unpaired) electrons. The summed E-state index contributed by atoms with van der Waals surface area (Å²) in [6.07, 6.45) is 3.14. The van der Waals surface area contributed by atoms with E-state index in [1.165, 1.54) is 24.2 Å². The third-order valence-corrected chi connectivity index (χ3v) is 4.99. The first kappa shape index (κ1) is 13.6. The Bertz CT molecular complexity index is 527. The molecule has 0 spiro atoms. The zero-order valence-electron chi connectivity index (χ0n) is 11.4. The van der Waals surface area contributed by atoms with Crippen molar-refractivity contribution in [3.63, 3.8) is 0 Å². The second-order valence-corrected chi connectivity index (χ2v) is 7.06. The minimum Gasteiger partial charge on any atom is -0.346 e. The van der Waals surface area contributed by atoms with Crippen molar-refractivity contribution in [3.05, 3.63) is 23.0 Å². The quantitative estimate of drug-likeness (QED) is 0.862. The Kier molecular flexibility index (Phi) is 3.82. The van der Waals surface area contributed by atoms with Crippen LogP contribution >= 0.6 is 0 Å². The minimum absolute atomic E-state index is 0.203. The van der Waals surface area contributed by atoms with Gasteiger partial charge in [0.2, 0.25) is 10.0 Å². The largest absolute Gasteiger partial charge is 0.346 e. The molecule has 4 nitrogen and oxygen atoms in total. The van der Waals surface area contributed by atoms with Crippen LogP contribution in [0.5, 0.6) is 0 Å². The van der Waals surface area contributed by atoms with Gasteiger partial charge in [-0.3, -0.25) is 0 Å². The summed E-state index contributed by atoms with van der Waals surface area (Å²) >= 11 is 0. The van der Waals surface area contributed by atoms with Crippen LogP contribution in [0.2, 0.25) is 0 Å². The Hall–Kier alpha value is -0.810. The third kappa shape index (κ3) is 2.95. The Morgan fingerprint density at radius 2 is 2.06 bits per heavy atom. The molecule has 0 saturated heterocycles. The summed E-state index contributed by atoms with van der Waals surface area (Å²) in [6, 6.07) is 2.74. The van der Waals surface area contributed by atoms with E-state index in [0.29, 0.717) is 19.0 Å². The van der Waals surface area contributed by atoms with Crippen LogP contribution in [-0.2, 0) is 16.6 Å². The highest BCUT2D eigenvalue weighted by Crippen LogP contribution is 2.38. The molecule has 1 heterocycles. The first-order valence-corrected chi connectivity index (χ1v) is 8.24. The highest BCUT2D eigenvalue weighted by Gasteiger charge is 2.27. The third-order valence-electron chi connectivity index (χ3n) is 3.46. The number of hydrogen-bond acceptors (Lipinski definition) is 2. The molecule has 2 rings (SSSR count). The Morgan fingerprint density at radius 3 is 2.61 bits per heavy atom. The van der Waals surface area contributed by atoms with Gasteiger partial charge in [0.05, 0.1) is 5.75 Å². The van der Waals surface area contributed by atoms with E-state index in [4.69, 9.17) is 0 Å². The van der Waals surface area contributed by atoms with Gasteiger partial charge in [-0.15, -0.1) is 0 Å². The summed E-state index contributed by atoms with van der Waals surface area (Å²) in [6.45, 7) is 6.46. The van der Waals surface area contributed by atoms with E-state index in [0.717, 1.165) is 5.56 Å². The second-order valence-electron chi connectivity index (χ2n) is 5.14. The van der Waals surface area contributed by atoms with Crippen LogP contribution in [0.15, 0.2) is 6.07 Å². The molecule has 1 N–H and O–H groups in total. The first-order valence-electron chi connectivity index (χ1n) is 6.59. The average molecular weight is 270 g/mol. The fraction of sp³-hybridized carbons (Fsp3) is 0.692. The standard InChI is InChI=1S/C13H22N2O2S/c1-4-7-18(16,17)14-9-12-8-10(2)15(11(12)3)13-5-6-13/h8,13-14H,4-7,9H2,1-3H3. The van der Waals surface area contributed by atoms with E-state index in [1.54, 1.807) is 0 Å². The molecule has 0 bridgehead atoms. The number of aromatic nitrogens is 1. The molecular formula is C13H22N2O2S. The number of rotatable bonds is 6. The molecule has 0 unspecified atom stereocenters. The van der Waals surface area contributed by atoms with E-state index in [2.05, 4.69) is 29.2 Å². The van der Waals surface area contributed by atoms with Crippen LogP contribution in [0.3, 0.4) is 0 Å². The average Bonchev–Trinajstić information content (AvgIpc) is 3.04. The summed E-state index contributed by atoms with van der Waals surface area (Å²) in [5, 5.41) is 0. The van der Waals surface area contributed by atoms with E-state index in [-0.39, 0.29) is 5.75 Å². The van der Waals surface area contributed by atoms with Gasteiger partial charge in [-0.1, -0.05) is 6.92 Å². The Morgan fingerprint density at radius 1 is 1.39 bits per heavy atom. The molecule has 5 heteroatoms. The lowest BCUT2D eigenvalue weighted by atomic mass is 10.2. The SMILES string of the molecule is CCCS(=O)(=O)NCc1cc(C)n(C2CC2)c1C. The number of nitrogens with one attached hydrogen (secondary N) is 1. The maximum absolute atomic E-state index is 11.6. The summed E-state index contributed by atoms with van der Waals surface area (Å²) < 4.78 is 28.3. The summed E-state index contributed by atoms with van der Waals surface area (Å²) in [7, 11) is -3.11. The number of nitrogens with zero attached hydrogens (tertiary/aromatic N) is 1. The van der Waals surface area contributed by atoms with Crippen molar-refractivity contribution >= 4 is 10.0 Å². The predicted molar refractivity (Wildman–Crippen MR) is 73.1 cm³/mol. The topological polar surface area (TPSA) is 51.1 Å². The zero-order chi connectivity index (χ0) is 13.3. The molecule has 1 fully saturated rings. The van der Waals surface area contributed by atoms with E-state index >= 15 is 0 Å². The van der Waals surface area contributed by atoms with Crippen LogP contribution in [-0.4, -0.2) is 18.7 Å². The molecule has 1 aromatic heterocycles. The van der Waals surface area contributed by atoms with Gasteiger partial charge in [0.15, 0.2) is 0 Å². The highest BCUT2D eigenvalue weighted by atomic mass is 32.2. The molecular weight excluding hydrogens is 248 g/mol. The van der Waals surface area contributed by atoms with Gasteiger partial charge < -0.3 is 4.57 Å². The number of sulfonamides is 1. The summed E-state index contributed by atoms with van der Waals surface area (Å²) in [5.41, 5.74) is 3.54. The monoisotopic (exact) mass is 270 g/mol. The lowest BCUT2D eigenvalue weighted by molar-refractivity contribution is 0.579. The lowest BCUT2D eigenvalue weighted by Crippen LogP contribution is -2.25. The maximum Gasteiger partial charge on any atom is 0.211 e. The fourth-order valence-electron chi connectivity index (χ4n) is 2.45. The molecule has 0 aromatic carbocycles. The molecule has 102 valence electrons. The molecule has 1 aliphatic carbocycles. The number of hydrogen-bond donors (Lipinski definition) is 1. The first-order chi connectivity index (χ1) is 8.44. The molecule has 18 heavy (non-hydrogen) atoms. The Balaban J connectivity index is 2.08. The van der Waals surface area contributed by atoms with Gasteiger partial charge in [0.1, 0.15) is 0 Å². The smallest absolute Gasteiger partial charge is 0.211 e. The molecule has 1 saturated carbocycles. The zero-order valence-corrected chi connectivity index (χ0v) is 12.2. The Labute approximate surface area is 109 Å². The molecule has 0 aliphatic heterocycles. The second kappa shape index (κ2) is 5.05. The normalized spacial score (nSPS) is 16.2. The van der Waals surface area contributed by atoms with E-state index in [1.807, 2.05) is 6.92 Å². The maximum atomic E-state index is 11.6. The van der Waals surface area contributed by atoms with Gasteiger partial charge in [0, 0.05) is 24.0 Å². The van der Waals surface area contributed by atoms with Crippen molar-refractivity contribution in [2.24, 2.45) is 0 Å². The van der Waals surface area contributed by atoms with Crippen molar-refractivity contribution in [1.82, 2.24) is 9.29 Å². The molecule has 0 amide bonds. The van der Waals surface area contributed by atoms with Crippen LogP contribution in [0.1, 0.15) is 49.2 Å². The van der Waals surface area contributed by atoms with Crippen LogP contribution in [0.25, 0.3) is 0 Å². The number of aryl methyl sites for hydroxylation is 1. The molecule has 0 atom stereocenters. The predicted octanol–water partition coefficient (Wildman–Crippen LogP) is 2.27. The van der Waals surface area contributed by atoms with Gasteiger partial charge in [0.25, 0.3) is 0 Å². The van der Waals surface area contributed by atoms with Crippen molar-refractivity contribution in [1.29, 1.82) is 0 Å². The molecule has 1 aromatic rings. The highest BCUT2D eigenvalue weighted by molar-refractivity contribution is 7.89. The van der Waals surface area contributed by atoms with Gasteiger partial charge >= 0.3 is 0 Å². The van der Waals surface area contributed by atoms with Crippen LogP contribution < -0.4 is 4.72 Å². The van der Waals surface area contributed by atoms with Crippen LogP contribution in [0, 0.1) is 13.8 Å². The minimum atomic E-state index is -3.11. The van der Waals surface area contributed by atoms with Crippen molar-refractivity contribution in [2.75, 3.05) is 5.75 Å². The fourth-order valence-corrected chi connectivity index (χ4v) is 3.50.